The number of hydrogen-bond donors (Lipinski definition) is 3. The Bertz CT molecular complexity index is 1150. The molecule has 4 rings (SSSR count). The molecule has 0 spiro atoms. The van der Waals surface area contributed by atoms with Crippen molar-refractivity contribution in [3.63, 3.8) is 0 Å². The molecular weight excluding hydrogens is 402 g/mol. The average molecular weight is 419 g/mol. The molecule has 0 aliphatic rings. The summed E-state index contributed by atoms with van der Waals surface area (Å²) in [6, 6.07) is 16.1. The second-order valence-corrected chi connectivity index (χ2v) is 7.25. The number of aromatic nitrogens is 5. The maximum atomic E-state index is 12.5. The fourth-order valence-electron chi connectivity index (χ4n) is 2.67. The molecule has 0 fully saturated rings. The highest BCUT2D eigenvalue weighted by molar-refractivity contribution is 7.98. The summed E-state index contributed by atoms with van der Waals surface area (Å²) < 4.78 is 1.54. The predicted octanol–water partition coefficient (Wildman–Crippen LogP) is 2.63. The van der Waals surface area contributed by atoms with E-state index >= 15 is 0 Å². The van der Waals surface area contributed by atoms with E-state index in [1.807, 2.05) is 12.1 Å². The van der Waals surface area contributed by atoms with E-state index in [4.69, 9.17) is 5.73 Å². The highest BCUT2D eigenvalue weighted by Gasteiger charge is 2.09. The molecule has 0 saturated carbocycles. The number of hydrogen-bond acceptors (Lipinski definition) is 6. The summed E-state index contributed by atoms with van der Waals surface area (Å²) in [5, 5.41) is 14.3. The molecule has 10 heteroatoms. The summed E-state index contributed by atoms with van der Waals surface area (Å²) in [5.41, 5.74) is 8.44. The van der Waals surface area contributed by atoms with E-state index in [0.29, 0.717) is 11.3 Å². The number of nitrogens with zero attached hydrogens (tertiary/aromatic N) is 4. The number of rotatable bonds is 7. The number of amides is 2. The number of thioether (sulfide) groups is 1. The van der Waals surface area contributed by atoms with Gasteiger partial charge in [-0.1, -0.05) is 23.9 Å². The van der Waals surface area contributed by atoms with E-state index in [0.717, 1.165) is 22.2 Å². The molecule has 9 nitrogen and oxygen atoms in total. The van der Waals surface area contributed by atoms with Crippen molar-refractivity contribution in [1.29, 1.82) is 0 Å². The van der Waals surface area contributed by atoms with Gasteiger partial charge in [0, 0.05) is 23.2 Å². The zero-order valence-corrected chi connectivity index (χ0v) is 16.5. The first-order valence-electron chi connectivity index (χ1n) is 8.93. The van der Waals surface area contributed by atoms with Crippen molar-refractivity contribution in [3.05, 3.63) is 83.9 Å². The highest BCUT2D eigenvalue weighted by Crippen LogP contribution is 2.19. The topological polar surface area (TPSA) is 132 Å². The van der Waals surface area contributed by atoms with Crippen molar-refractivity contribution in [3.8, 4) is 5.69 Å². The highest BCUT2D eigenvalue weighted by atomic mass is 32.2. The molecule has 4 aromatic rings. The minimum atomic E-state index is -0.583. The van der Waals surface area contributed by atoms with Crippen LogP contribution in [-0.4, -0.2) is 36.8 Å². The fraction of sp³-hybridized carbons (Fsp3) is 0.0500. The van der Waals surface area contributed by atoms with Gasteiger partial charge in [-0.2, -0.15) is 10.2 Å². The summed E-state index contributed by atoms with van der Waals surface area (Å²) in [4.78, 5) is 27.7. The first-order valence-corrected chi connectivity index (χ1v) is 9.91. The van der Waals surface area contributed by atoms with Gasteiger partial charge in [0.25, 0.3) is 11.8 Å². The van der Waals surface area contributed by atoms with Gasteiger partial charge in [0.1, 0.15) is 12.0 Å². The Labute approximate surface area is 175 Å². The molecule has 2 aromatic heterocycles. The lowest BCUT2D eigenvalue weighted by atomic mass is 10.1. The van der Waals surface area contributed by atoms with E-state index in [1.54, 1.807) is 53.3 Å². The third kappa shape index (κ3) is 4.55. The van der Waals surface area contributed by atoms with Crippen LogP contribution in [0.2, 0.25) is 0 Å². The smallest absolute Gasteiger partial charge is 0.269 e. The number of nitrogens with one attached hydrogen (secondary N) is 2. The number of benzene rings is 2. The lowest BCUT2D eigenvalue weighted by molar-refractivity contribution is 0.0993. The quantitative estimate of drug-likeness (QED) is 0.395. The molecule has 30 heavy (non-hydrogen) atoms. The SMILES string of the molecule is NC(=O)c1ccn(-c2ccc(NC(=O)c3ccc(CSc4ncn[nH]4)cc3)cc2)n1. The number of H-pyrrole nitrogens is 1. The van der Waals surface area contributed by atoms with Crippen LogP contribution >= 0.6 is 11.8 Å². The van der Waals surface area contributed by atoms with E-state index in [1.165, 1.54) is 18.1 Å². The molecular formula is C20H17N7O2S. The lowest BCUT2D eigenvalue weighted by Crippen LogP contribution is -2.12. The lowest BCUT2D eigenvalue weighted by Gasteiger charge is -2.08. The standard InChI is InChI=1S/C20H17N7O2S/c21-18(28)17-9-10-27(26-17)16-7-5-15(6-8-16)24-19(29)14-3-1-13(2-4-14)11-30-20-22-12-23-25-20/h1-10,12H,11H2,(H2,21,28)(H,24,29)(H,22,23,25). The van der Waals surface area contributed by atoms with Crippen LogP contribution < -0.4 is 11.1 Å². The van der Waals surface area contributed by atoms with Gasteiger partial charge in [-0.3, -0.25) is 14.7 Å². The van der Waals surface area contributed by atoms with Crippen LogP contribution in [0.5, 0.6) is 0 Å². The minimum Gasteiger partial charge on any atom is -0.364 e. The molecule has 2 aromatic carbocycles. The molecule has 0 bridgehead atoms. The van der Waals surface area contributed by atoms with Crippen LogP contribution in [0.15, 0.2) is 72.3 Å². The van der Waals surface area contributed by atoms with Crippen molar-refractivity contribution < 1.29 is 9.59 Å². The number of primary amides is 1. The van der Waals surface area contributed by atoms with Gasteiger partial charge < -0.3 is 11.1 Å². The van der Waals surface area contributed by atoms with Crippen molar-refractivity contribution in [2.75, 3.05) is 5.32 Å². The summed E-state index contributed by atoms with van der Waals surface area (Å²) in [6.45, 7) is 0. The molecule has 0 atom stereocenters. The largest absolute Gasteiger partial charge is 0.364 e. The summed E-state index contributed by atoms with van der Waals surface area (Å²) in [6.07, 6.45) is 3.12. The Balaban J connectivity index is 1.36. The average Bonchev–Trinajstić information content (AvgIpc) is 3.45. The number of aromatic amines is 1. The van der Waals surface area contributed by atoms with Gasteiger partial charge in [0.05, 0.1) is 5.69 Å². The van der Waals surface area contributed by atoms with E-state index in [-0.39, 0.29) is 11.6 Å². The monoisotopic (exact) mass is 419 g/mol. The third-order valence-corrected chi connectivity index (χ3v) is 5.16. The Morgan fingerprint density at radius 3 is 2.47 bits per heavy atom. The summed E-state index contributed by atoms with van der Waals surface area (Å²) in [5.74, 6) is -0.0591. The third-order valence-electron chi connectivity index (χ3n) is 4.22. The Kier molecular flexibility index (Phi) is 5.57. The maximum absolute atomic E-state index is 12.5. The van der Waals surface area contributed by atoms with E-state index < -0.39 is 5.91 Å². The summed E-state index contributed by atoms with van der Waals surface area (Å²) >= 11 is 1.54. The van der Waals surface area contributed by atoms with Gasteiger partial charge >= 0.3 is 0 Å². The first kappa shape index (κ1) is 19.4. The van der Waals surface area contributed by atoms with Crippen molar-refractivity contribution in [1.82, 2.24) is 25.0 Å². The van der Waals surface area contributed by atoms with Gasteiger partial charge in [-0.25, -0.2) is 9.67 Å². The van der Waals surface area contributed by atoms with Gasteiger partial charge in [0.2, 0.25) is 0 Å². The van der Waals surface area contributed by atoms with E-state index in [9.17, 15) is 9.59 Å². The molecule has 0 aliphatic carbocycles. The van der Waals surface area contributed by atoms with Gasteiger partial charge in [-0.05, 0) is 48.0 Å². The second-order valence-electron chi connectivity index (χ2n) is 6.29. The van der Waals surface area contributed by atoms with Crippen molar-refractivity contribution in [2.24, 2.45) is 5.73 Å². The molecule has 0 radical (unpaired) electrons. The molecule has 4 N–H and O–H groups in total. The van der Waals surface area contributed by atoms with Crippen molar-refractivity contribution in [2.45, 2.75) is 10.9 Å². The number of anilines is 1. The first-order chi connectivity index (χ1) is 14.6. The Morgan fingerprint density at radius 2 is 1.83 bits per heavy atom. The van der Waals surface area contributed by atoms with Crippen LogP contribution in [0.3, 0.4) is 0 Å². The molecule has 0 saturated heterocycles. The molecule has 2 amide bonds. The number of carbonyl (C=O) groups is 2. The van der Waals surface area contributed by atoms with Crippen LogP contribution in [0.1, 0.15) is 26.4 Å². The van der Waals surface area contributed by atoms with Crippen LogP contribution in [-0.2, 0) is 5.75 Å². The molecule has 2 heterocycles. The van der Waals surface area contributed by atoms with Gasteiger partial charge in [-0.15, -0.1) is 0 Å². The zero-order chi connectivity index (χ0) is 20.9. The number of nitrogens with two attached hydrogens (primary N) is 1. The molecule has 0 unspecified atom stereocenters. The van der Waals surface area contributed by atoms with Crippen LogP contribution in [0, 0.1) is 0 Å². The van der Waals surface area contributed by atoms with E-state index in [2.05, 4.69) is 25.6 Å². The fourth-order valence-corrected chi connectivity index (χ4v) is 3.40. The van der Waals surface area contributed by atoms with Crippen LogP contribution in [0.4, 0.5) is 5.69 Å². The number of carbonyl (C=O) groups excluding carboxylic acids is 2. The minimum absolute atomic E-state index is 0.190. The second kappa shape index (κ2) is 8.62. The Hall–Kier alpha value is -3.92. The maximum Gasteiger partial charge on any atom is 0.269 e. The normalized spacial score (nSPS) is 10.7. The van der Waals surface area contributed by atoms with Gasteiger partial charge in [0.15, 0.2) is 5.16 Å². The van der Waals surface area contributed by atoms with Crippen LogP contribution in [0.25, 0.3) is 5.69 Å². The summed E-state index contributed by atoms with van der Waals surface area (Å²) in [7, 11) is 0. The predicted molar refractivity (Wildman–Crippen MR) is 112 cm³/mol. The molecule has 150 valence electrons. The van der Waals surface area contributed by atoms with Crippen molar-refractivity contribution >= 4 is 29.3 Å². The molecule has 0 aliphatic heterocycles. The zero-order valence-electron chi connectivity index (χ0n) is 15.6. The Morgan fingerprint density at radius 1 is 1.07 bits per heavy atom.